The van der Waals surface area contributed by atoms with E-state index in [0.717, 1.165) is 0 Å². The third-order valence-corrected chi connectivity index (χ3v) is 2.68. The van der Waals surface area contributed by atoms with E-state index in [2.05, 4.69) is 5.32 Å². The highest BCUT2D eigenvalue weighted by Crippen LogP contribution is 2.24. The van der Waals surface area contributed by atoms with Crippen LogP contribution in [0.15, 0.2) is 24.3 Å². The molecule has 0 aromatic rings. The van der Waals surface area contributed by atoms with Crippen LogP contribution in [0.2, 0.25) is 0 Å². The Hall–Kier alpha value is -1.42. The van der Waals surface area contributed by atoms with Crippen molar-refractivity contribution in [1.82, 2.24) is 5.32 Å². The fraction of sp³-hybridized carbons (Fsp3) is 0.455. The second-order valence-electron chi connectivity index (χ2n) is 3.65. The number of carbonyl (C=O) groups is 1. The molecule has 2 rings (SSSR count). The molecule has 15 heavy (non-hydrogen) atoms. The zero-order valence-electron chi connectivity index (χ0n) is 8.18. The molecular formula is C11H12NO3. The van der Waals surface area contributed by atoms with Gasteiger partial charge in [0.15, 0.2) is 0 Å². The molecule has 2 aliphatic rings. The molecule has 1 aliphatic carbocycles. The summed E-state index contributed by atoms with van der Waals surface area (Å²) in [5.41, 5.74) is 0. The van der Waals surface area contributed by atoms with Crippen LogP contribution in [0.1, 0.15) is 6.42 Å². The maximum Gasteiger partial charge on any atom is 0.249 e. The van der Waals surface area contributed by atoms with Crippen LogP contribution in [0.3, 0.4) is 0 Å². The van der Waals surface area contributed by atoms with Gasteiger partial charge in [0.05, 0.1) is 6.04 Å². The van der Waals surface area contributed by atoms with Gasteiger partial charge in [0, 0.05) is 5.92 Å². The van der Waals surface area contributed by atoms with Crippen LogP contribution in [0.4, 0.5) is 0 Å². The van der Waals surface area contributed by atoms with Crippen LogP contribution in [-0.2, 0) is 14.3 Å². The fourth-order valence-corrected chi connectivity index (χ4v) is 1.92. The molecule has 1 amide bonds. The Morgan fingerprint density at radius 2 is 2.27 bits per heavy atom. The molecule has 3 atom stereocenters. The van der Waals surface area contributed by atoms with Gasteiger partial charge >= 0.3 is 0 Å². The molecule has 4 nitrogen and oxygen atoms in total. The van der Waals surface area contributed by atoms with E-state index in [9.17, 15) is 9.59 Å². The maximum atomic E-state index is 11.5. The Morgan fingerprint density at radius 1 is 1.47 bits per heavy atom. The summed E-state index contributed by atoms with van der Waals surface area (Å²) in [5.74, 6) is 0.121. The summed E-state index contributed by atoms with van der Waals surface area (Å²) < 4.78 is 5.10. The number of nitrogens with one attached hydrogen (secondary N) is 1. The SMILES string of the molecule is O=[C]COC1CC2C=CC=CC2NC1=O. The van der Waals surface area contributed by atoms with Crippen molar-refractivity contribution in [3.05, 3.63) is 24.3 Å². The number of hydrogen-bond donors (Lipinski definition) is 1. The number of hydrogen-bond acceptors (Lipinski definition) is 3. The first-order valence-electron chi connectivity index (χ1n) is 4.93. The zero-order valence-corrected chi connectivity index (χ0v) is 8.18. The summed E-state index contributed by atoms with van der Waals surface area (Å²) in [4.78, 5) is 21.6. The van der Waals surface area contributed by atoms with Crippen molar-refractivity contribution in [2.45, 2.75) is 18.6 Å². The van der Waals surface area contributed by atoms with Crippen LogP contribution < -0.4 is 5.32 Å². The fourth-order valence-electron chi connectivity index (χ4n) is 1.92. The van der Waals surface area contributed by atoms with Gasteiger partial charge < -0.3 is 10.1 Å². The summed E-state index contributed by atoms with van der Waals surface area (Å²) in [5, 5.41) is 2.85. The van der Waals surface area contributed by atoms with Gasteiger partial charge in [-0.1, -0.05) is 24.3 Å². The Bertz CT molecular complexity index is 322. The van der Waals surface area contributed by atoms with Crippen molar-refractivity contribution < 1.29 is 14.3 Å². The lowest BCUT2D eigenvalue weighted by molar-refractivity contribution is -0.136. The molecular weight excluding hydrogens is 194 g/mol. The molecule has 1 aliphatic heterocycles. The van der Waals surface area contributed by atoms with E-state index in [1.807, 2.05) is 24.3 Å². The maximum absolute atomic E-state index is 11.5. The van der Waals surface area contributed by atoms with Crippen molar-refractivity contribution in [2.75, 3.05) is 6.61 Å². The highest BCUT2D eigenvalue weighted by Gasteiger charge is 2.34. The van der Waals surface area contributed by atoms with Crippen molar-refractivity contribution >= 4 is 12.2 Å². The second-order valence-corrected chi connectivity index (χ2v) is 3.65. The minimum Gasteiger partial charge on any atom is -0.360 e. The molecule has 79 valence electrons. The largest absolute Gasteiger partial charge is 0.360 e. The Kier molecular flexibility index (Phi) is 2.97. The lowest BCUT2D eigenvalue weighted by atomic mass is 9.86. The van der Waals surface area contributed by atoms with Crippen LogP contribution >= 0.6 is 0 Å². The predicted molar refractivity (Wildman–Crippen MR) is 53.8 cm³/mol. The van der Waals surface area contributed by atoms with Gasteiger partial charge in [0.2, 0.25) is 12.2 Å². The molecule has 0 aromatic carbocycles. The van der Waals surface area contributed by atoms with E-state index in [4.69, 9.17) is 4.74 Å². The van der Waals surface area contributed by atoms with Gasteiger partial charge in [-0.15, -0.1) is 0 Å². The number of allylic oxidation sites excluding steroid dienone is 2. The lowest BCUT2D eigenvalue weighted by Crippen LogP contribution is -2.51. The third kappa shape index (κ3) is 2.15. The highest BCUT2D eigenvalue weighted by molar-refractivity contribution is 5.82. The molecule has 1 radical (unpaired) electrons. The van der Waals surface area contributed by atoms with Gasteiger partial charge in [0.25, 0.3) is 0 Å². The molecule has 1 N–H and O–H groups in total. The first-order chi connectivity index (χ1) is 7.31. The van der Waals surface area contributed by atoms with Crippen molar-refractivity contribution in [2.24, 2.45) is 5.92 Å². The monoisotopic (exact) mass is 206 g/mol. The van der Waals surface area contributed by atoms with E-state index in [1.54, 1.807) is 6.29 Å². The minimum absolute atomic E-state index is 0.0718. The normalized spacial score (nSPS) is 33.3. The number of rotatable bonds is 3. The van der Waals surface area contributed by atoms with Crippen LogP contribution in [0.5, 0.6) is 0 Å². The van der Waals surface area contributed by atoms with Crippen LogP contribution in [0, 0.1) is 5.92 Å². The van der Waals surface area contributed by atoms with Crippen LogP contribution in [-0.4, -0.2) is 30.9 Å². The first-order valence-corrected chi connectivity index (χ1v) is 4.93. The quantitative estimate of drug-likeness (QED) is 0.713. The topological polar surface area (TPSA) is 55.4 Å². The zero-order chi connectivity index (χ0) is 10.7. The van der Waals surface area contributed by atoms with Gasteiger partial charge in [-0.05, 0) is 6.42 Å². The van der Waals surface area contributed by atoms with Crippen molar-refractivity contribution in [1.29, 1.82) is 0 Å². The molecule has 0 spiro atoms. The number of fused-ring (bicyclic) bond motifs is 1. The van der Waals surface area contributed by atoms with E-state index in [0.29, 0.717) is 6.42 Å². The number of carbonyl (C=O) groups excluding carboxylic acids is 2. The molecule has 1 heterocycles. The molecule has 0 aromatic heterocycles. The standard InChI is InChI=1S/C11H12NO3/c13-5-6-15-10-7-8-3-1-2-4-9(8)12-11(10)14/h1-4,8-10H,6-7H2,(H,12,14). The van der Waals surface area contributed by atoms with Crippen LogP contribution in [0.25, 0.3) is 0 Å². The summed E-state index contributed by atoms with van der Waals surface area (Å²) in [6.45, 7) is -0.144. The summed E-state index contributed by atoms with van der Waals surface area (Å²) in [7, 11) is 0. The van der Waals surface area contributed by atoms with Gasteiger partial charge in [-0.3, -0.25) is 9.59 Å². The van der Waals surface area contributed by atoms with E-state index in [1.165, 1.54) is 0 Å². The smallest absolute Gasteiger partial charge is 0.249 e. The highest BCUT2D eigenvalue weighted by atomic mass is 16.5. The van der Waals surface area contributed by atoms with E-state index < -0.39 is 6.10 Å². The Labute approximate surface area is 88.0 Å². The van der Waals surface area contributed by atoms with Crippen molar-refractivity contribution in [3.63, 3.8) is 0 Å². The van der Waals surface area contributed by atoms with E-state index >= 15 is 0 Å². The summed E-state index contributed by atoms with van der Waals surface area (Å²) in [6, 6.07) is 0.0718. The predicted octanol–water partition coefficient (Wildman–Crippen LogP) is 0.112. The summed E-state index contributed by atoms with van der Waals surface area (Å²) in [6.07, 6.45) is 9.61. The molecule has 1 saturated heterocycles. The minimum atomic E-state index is -0.524. The molecule has 4 heteroatoms. The number of amides is 1. The molecule has 0 saturated carbocycles. The molecule has 1 fully saturated rings. The first kappa shape index (κ1) is 10.1. The van der Waals surface area contributed by atoms with Gasteiger partial charge in [-0.25, -0.2) is 0 Å². The Balaban J connectivity index is 1.99. The average molecular weight is 206 g/mol. The number of piperidine rings is 1. The summed E-state index contributed by atoms with van der Waals surface area (Å²) >= 11 is 0. The number of ether oxygens (including phenoxy) is 1. The molecule has 0 bridgehead atoms. The van der Waals surface area contributed by atoms with Gasteiger partial charge in [-0.2, -0.15) is 0 Å². The van der Waals surface area contributed by atoms with E-state index in [-0.39, 0.29) is 24.5 Å². The van der Waals surface area contributed by atoms with Crippen molar-refractivity contribution in [3.8, 4) is 0 Å². The molecule has 3 unspecified atom stereocenters. The average Bonchev–Trinajstić information content (AvgIpc) is 2.26. The second kappa shape index (κ2) is 4.40. The Morgan fingerprint density at radius 3 is 3.07 bits per heavy atom. The lowest BCUT2D eigenvalue weighted by Gasteiger charge is -2.34. The van der Waals surface area contributed by atoms with Gasteiger partial charge in [0.1, 0.15) is 12.7 Å². The third-order valence-electron chi connectivity index (χ3n) is 2.68.